The molecule has 1 aromatic carbocycles. The molecule has 200 valence electrons. The van der Waals surface area contributed by atoms with Crippen LogP contribution in [0.15, 0.2) is 24.3 Å². The quantitative estimate of drug-likeness (QED) is 0.540. The van der Waals surface area contributed by atoms with Crippen LogP contribution in [0.25, 0.3) is 0 Å². The molecule has 36 heavy (non-hydrogen) atoms. The summed E-state index contributed by atoms with van der Waals surface area (Å²) in [5.41, 5.74) is 8.63. The van der Waals surface area contributed by atoms with Gasteiger partial charge in [0.25, 0.3) is 0 Å². The Labute approximate surface area is 215 Å². The largest absolute Gasteiger partial charge is 0.377 e. The highest BCUT2D eigenvalue weighted by Crippen LogP contribution is 2.27. The number of hydrogen-bond acceptors (Lipinski definition) is 6. The van der Waals surface area contributed by atoms with Gasteiger partial charge in [0.1, 0.15) is 12.6 Å². The molecule has 0 radical (unpaired) electrons. The number of ether oxygens (including phenoxy) is 2. The maximum absolute atomic E-state index is 13.6. The number of nitrogens with zero attached hydrogens (tertiary/aromatic N) is 2. The number of rotatable bonds is 9. The van der Waals surface area contributed by atoms with Crippen LogP contribution in [0.2, 0.25) is 0 Å². The lowest BCUT2D eigenvalue weighted by molar-refractivity contribution is -0.147. The fourth-order valence-corrected chi connectivity index (χ4v) is 5.99. The van der Waals surface area contributed by atoms with Crippen LogP contribution >= 0.6 is 0 Å². The molecule has 1 aliphatic carbocycles. The lowest BCUT2D eigenvalue weighted by atomic mass is 9.90. The van der Waals surface area contributed by atoms with E-state index < -0.39 is 6.04 Å². The van der Waals surface area contributed by atoms with Crippen LogP contribution in [-0.4, -0.2) is 85.3 Å². The third-order valence-corrected chi connectivity index (χ3v) is 8.20. The molecule has 8 heteroatoms. The standard InChI is InChI=1S/C28H44N4O4/c1-20-6-3-4-7-21(20)17-31(18-25-8-5-15-36-25)24-13-14-32(27(33)19-35-2)26(16-24)28(34)30-23-11-9-22(29)10-12-23/h3-4,6-7,22-26H,5,8-19,29H2,1-2H3,(H,30,34)/t22?,23?,24?,25?,26-/m1/s1. The number of piperidine rings is 1. The molecule has 3 aliphatic rings. The normalized spacial score (nSPS) is 28.9. The number of nitrogens with one attached hydrogen (secondary N) is 1. The van der Waals surface area contributed by atoms with Gasteiger partial charge < -0.3 is 25.4 Å². The van der Waals surface area contributed by atoms with Gasteiger partial charge >= 0.3 is 0 Å². The van der Waals surface area contributed by atoms with Gasteiger partial charge in [-0.05, 0) is 69.4 Å². The van der Waals surface area contributed by atoms with Gasteiger partial charge in [0.15, 0.2) is 0 Å². The minimum Gasteiger partial charge on any atom is -0.377 e. The average molecular weight is 501 g/mol. The van der Waals surface area contributed by atoms with Crippen molar-refractivity contribution >= 4 is 11.8 Å². The summed E-state index contributed by atoms with van der Waals surface area (Å²) in [6.45, 7) is 5.19. The lowest BCUT2D eigenvalue weighted by Gasteiger charge is -2.44. The van der Waals surface area contributed by atoms with Crippen LogP contribution < -0.4 is 11.1 Å². The number of hydrogen-bond donors (Lipinski definition) is 2. The van der Waals surface area contributed by atoms with E-state index in [0.29, 0.717) is 13.0 Å². The summed E-state index contributed by atoms with van der Waals surface area (Å²) in [5.74, 6) is -0.163. The Kier molecular flexibility index (Phi) is 9.76. The number of nitrogens with two attached hydrogens (primary N) is 1. The summed E-state index contributed by atoms with van der Waals surface area (Å²) in [6.07, 6.45) is 7.49. The summed E-state index contributed by atoms with van der Waals surface area (Å²) in [4.78, 5) is 30.7. The van der Waals surface area contributed by atoms with Crippen LogP contribution in [0.1, 0.15) is 62.5 Å². The van der Waals surface area contributed by atoms with Crippen molar-refractivity contribution in [3.05, 3.63) is 35.4 Å². The fourth-order valence-electron chi connectivity index (χ4n) is 5.99. The number of likely N-dealkylation sites (tertiary alicyclic amines) is 1. The predicted octanol–water partition coefficient (Wildman–Crippen LogP) is 2.37. The molecule has 3 N–H and O–H groups in total. The second-order valence-corrected chi connectivity index (χ2v) is 10.8. The van der Waals surface area contributed by atoms with E-state index in [1.807, 2.05) is 0 Å². The number of methoxy groups -OCH3 is 1. The van der Waals surface area contributed by atoms with Crippen LogP contribution in [-0.2, 0) is 25.6 Å². The van der Waals surface area contributed by atoms with E-state index in [1.54, 1.807) is 4.90 Å². The average Bonchev–Trinajstić information content (AvgIpc) is 3.39. The van der Waals surface area contributed by atoms with Crippen molar-refractivity contribution in [2.75, 3.05) is 33.4 Å². The molecule has 2 unspecified atom stereocenters. The van der Waals surface area contributed by atoms with Crippen molar-refractivity contribution in [2.45, 2.75) is 95.1 Å². The fraction of sp³-hybridized carbons (Fsp3) is 0.714. The van der Waals surface area contributed by atoms with Gasteiger partial charge in [0.2, 0.25) is 11.8 Å². The molecule has 3 fully saturated rings. The van der Waals surface area contributed by atoms with E-state index in [9.17, 15) is 9.59 Å². The van der Waals surface area contributed by atoms with Crippen LogP contribution in [0.5, 0.6) is 0 Å². The molecule has 4 rings (SSSR count). The van der Waals surface area contributed by atoms with E-state index in [0.717, 1.165) is 64.6 Å². The summed E-state index contributed by atoms with van der Waals surface area (Å²) in [6, 6.07) is 8.55. The first kappa shape index (κ1) is 27.0. The molecule has 2 aliphatic heterocycles. The maximum Gasteiger partial charge on any atom is 0.249 e. The Morgan fingerprint density at radius 2 is 1.94 bits per heavy atom. The predicted molar refractivity (Wildman–Crippen MR) is 139 cm³/mol. The van der Waals surface area contributed by atoms with Crippen molar-refractivity contribution in [3.8, 4) is 0 Å². The number of aryl methyl sites for hydroxylation is 1. The van der Waals surface area contributed by atoms with Crippen molar-refractivity contribution in [2.24, 2.45) is 5.73 Å². The summed E-state index contributed by atoms with van der Waals surface area (Å²) in [5, 5.41) is 3.26. The molecular formula is C28H44N4O4. The van der Waals surface area contributed by atoms with Gasteiger partial charge in [0, 0.05) is 51.5 Å². The number of amides is 2. The maximum atomic E-state index is 13.6. The number of carbonyl (C=O) groups excluding carboxylic acids is 2. The second-order valence-electron chi connectivity index (χ2n) is 10.8. The highest BCUT2D eigenvalue weighted by Gasteiger charge is 2.39. The molecule has 0 bridgehead atoms. The highest BCUT2D eigenvalue weighted by molar-refractivity contribution is 5.88. The lowest BCUT2D eigenvalue weighted by Crippen LogP contribution is -2.59. The second kappa shape index (κ2) is 13.0. The Morgan fingerprint density at radius 3 is 2.64 bits per heavy atom. The topological polar surface area (TPSA) is 97.1 Å². The summed E-state index contributed by atoms with van der Waals surface area (Å²) in [7, 11) is 1.52. The Morgan fingerprint density at radius 1 is 1.17 bits per heavy atom. The van der Waals surface area contributed by atoms with Crippen molar-refractivity contribution in [1.82, 2.24) is 15.1 Å². The Hall–Kier alpha value is -2.00. The van der Waals surface area contributed by atoms with Crippen LogP contribution in [0, 0.1) is 6.92 Å². The summed E-state index contributed by atoms with van der Waals surface area (Å²) >= 11 is 0. The molecule has 1 aromatic rings. The van der Waals surface area contributed by atoms with E-state index in [-0.39, 0.29) is 42.7 Å². The SMILES string of the molecule is COCC(=O)N1CCC(N(Cc2ccccc2C)CC2CCCO2)C[C@@H]1C(=O)NC1CCC(N)CC1. The number of carbonyl (C=O) groups is 2. The zero-order valence-electron chi connectivity index (χ0n) is 22.0. The van der Waals surface area contributed by atoms with Crippen molar-refractivity contribution in [1.29, 1.82) is 0 Å². The minimum absolute atomic E-state index is 0.00440. The zero-order valence-corrected chi connectivity index (χ0v) is 22.0. The van der Waals surface area contributed by atoms with Gasteiger partial charge in [-0.3, -0.25) is 14.5 Å². The van der Waals surface area contributed by atoms with E-state index in [1.165, 1.54) is 18.2 Å². The third-order valence-electron chi connectivity index (χ3n) is 8.20. The minimum atomic E-state index is -0.495. The molecule has 2 amide bonds. The summed E-state index contributed by atoms with van der Waals surface area (Å²) < 4.78 is 11.1. The van der Waals surface area contributed by atoms with Gasteiger partial charge in [-0.1, -0.05) is 24.3 Å². The van der Waals surface area contributed by atoms with E-state index >= 15 is 0 Å². The number of benzene rings is 1. The first-order valence-corrected chi connectivity index (χ1v) is 13.7. The highest BCUT2D eigenvalue weighted by atomic mass is 16.5. The van der Waals surface area contributed by atoms with E-state index in [4.69, 9.17) is 15.2 Å². The van der Waals surface area contributed by atoms with Gasteiger partial charge in [0.05, 0.1) is 6.10 Å². The van der Waals surface area contributed by atoms with Crippen LogP contribution in [0.3, 0.4) is 0 Å². The smallest absolute Gasteiger partial charge is 0.249 e. The molecule has 2 saturated heterocycles. The Balaban J connectivity index is 1.50. The van der Waals surface area contributed by atoms with Crippen molar-refractivity contribution < 1.29 is 19.1 Å². The molecule has 3 atom stereocenters. The Bertz CT molecular complexity index is 867. The first-order chi connectivity index (χ1) is 17.4. The monoisotopic (exact) mass is 500 g/mol. The van der Waals surface area contributed by atoms with Crippen LogP contribution in [0.4, 0.5) is 0 Å². The van der Waals surface area contributed by atoms with Gasteiger partial charge in [-0.15, -0.1) is 0 Å². The molecule has 2 heterocycles. The molecule has 0 aromatic heterocycles. The molecular weight excluding hydrogens is 456 g/mol. The molecule has 1 saturated carbocycles. The zero-order chi connectivity index (χ0) is 25.5. The molecule has 0 spiro atoms. The molecule has 8 nitrogen and oxygen atoms in total. The third kappa shape index (κ3) is 7.06. The first-order valence-electron chi connectivity index (χ1n) is 13.7. The van der Waals surface area contributed by atoms with Gasteiger partial charge in [-0.25, -0.2) is 0 Å². The van der Waals surface area contributed by atoms with Gasteiger partial charge in [-0.2, -0.15) is 0 Å². The van der Waals surface area contributed by atoms with E-state index in [2.05, 4.69) is 41.4 Å². The van der Waals surface area contributed by atoms with Crippen molar-refractivity contribution in [3.63, 3.8) is 0 Å².